The fourth-order valence-electron chi connectivity index (χ4n) is 6.83. The van der Waals surface area contributed by atoms with Crippen LogP contribution in [0.3, 0.4) is 0 Å². The number of aromatic nitrogens is 2. The molecule has 4 aliphatic carbocycles. The smallest absolute Gasteiger partial charge is 0.0953 e. The number of imidazole rings is 1. The van der Waals surface area contributed by atoms with Crippen LogP contribution in [0.2, 0.25) is 0 Å². The van der Waals surface area contributed by atoms with Crippen LogP contribution < -0.4 is 0 Å². The van der Waals surface area contributed by atoms with Gasteiger partial charge in [-0.05, 0) is 80.1 Å². The number of nitrogens with zero attached hydrogens (tertiary/aromatic N) is 2. The van der Waals surface area contributed by atoms with Crippen LogP contribution in [0.4, 0.5) is 0 Å². The molecule has 2 atom stereocenters. The van der Waals surface area contributed by atoms with Gasteiger partial charge in [-0.1, -0.05) is 30.9 Å². The zero-order chi connectivity index (χ0) is 17.7. The van der Waals surface area contributed by atoms with Gasteiger partial charge in [0.2, 0.25) is 0 Å². The largest absolute Gasteiger partial charge is 0.392 e. The molecule has 26 heavy (non-hydrogen) atoms. The van der Waals surface area contributed by atoms with Crippen LogP contribution in [-0.2, 0) is 0 Å². The molecule has 1 aliphatic heterocycles. The molecule has 0 radical (unpaired) electrons. The summed E-state index contributed by atoms with van der Waals surface area (Å²) >= 11 is 0. The van der Waals surface area contributed by atoms with Gasteiger partial charge in [0, 0.05) is 6.04 Å². The lowest BCUT2D eigenvalue weighted by Gasteiger charge is -2.58. The molecule has 4 saturated carbocycles. The van der Waals surface area contributed by atoms with Crippen molar-refractivity contribution in [3.8, 4) is 0 Å². The van der Waals surface area contributed by atoms with Crippen molar-refractivity contribution in [2.75, 3.05) is 0 Å². The first-order valence-corrected chi connectivity index (χ1v) is 10.4. The van der Waals surface area contributed by atoms with Gasteiger partial charge in [0.05, 0.1) is 24.3 Å². The summed E-state index contributed by atoms with van der Waals surface area (Å²) in [6.07, 6.45) is 21.9. The fourth-order valence-corrected chi connectivity index (χ4v) is 6.83. The molecule has 0 aromatic carbocycles. The second kappa shape index (κ2) is 6.23. The molecule has 2 heterocycles. The van der Waals surface area contributed by atoms with Gasteiger partial charge in [-0.2, -0.15) is 0 Å². The second-order valence-electron chi connectivity index (χ2n) is 9.42. The van der Waals surface area contributed by atoms with Gasteiger partial charge in [-0.15, -0.1) is 0 Å². The Bertz CT molecular complexity index is 721. The van der Waals surface area contributed by atoms with E-state index in [4.69, 9.17) is 0 Å². The minimum atomic E-state index is -0.202. The maximum Gasteiger partial charge on any atom is 0.0953 e. The van der Waals surface area contributed by atoms with Gasteiger partial charge in [0.25, 0.3) is 0 Å². The normalized spacial score (nSPS) is 41.8. The second-order valence-corrected chi connectivity index (χ2v) is 9.42. The number of allylic oxidation sites excluding steroid dienone is 5. The Labute approximate surface area is 156 Å². The van der Waals surface area contributed by atoms with E-state index in [1.54, 1.807) is 0 Å². The first-order chi connectivity index (χ1) is 12.6. The van der Waals surface area contributed by atoms with Gasteiger partial charge in [-0.25, -0.2) is 4.98 Å². The van der Waals surface area contributed by atoms with E-state index < -0.39 is 0 Å². The third-order valence-electron chi connectivity index (χ3n) is 7.63. The van der Waals surface area contributed by atoms with E-state index in [0.717, 1.165) is 41.9 Å². The Morgan fingerprint density at radius 3 is 2.54 bits per heavy atom. The lowest BCUT2D eigenvalue weighted by molar-refractivity contribution is -0.125. The van der Waals surface area contributed by atoms with Crippen molar-refractivity contribution >= 4 is 5.57 Å². The Morgan fingerprint density at radius 2 is 1.85 bits per heavy atom. The van der Waals surface area contributed by atoms with E-state index in [-0.39, 0.29) is 17.6 Å². The number of hydrogen-bond acceptors (Lipinski definition) is 2. The molecule has 1 aromatic rings. The zero-order valence-electron chi connectivity index (χ0n) is 15.6. The zero-order valence-corrected chi connectivity index (χ0v) is 15.6. The van der Waals surface area contributed by atoms with Gasteiger partial charge in [0.15, 0.2) is 0 Å². The lowest BCUT2D eigenvalue weighted by atomic mass is 9.48. The number of fused-ring (bicyclic) bond motifs is 1. The van der Waals surface area contributed by atoms with Gasteiger partial charge in [-0.3, -0.25) is 0 Å². The molecule has 0 saturated heterocycles. The summed E-state index contributed by atoms with van der Waals surface area (Å²) in [6.45, 7) is 4.20. The van der Waals surface area contributed by atoms with E-state index in [2.05, 4.69) is 34.4 Å². The maximum absolute atomic E-state index is 11.4. The fraction of sp³-hybridized carbons (Fsp3) is 0.609. The van der Waals surface area contributed by atoms with Gasteiger partial charge >= 0.3 is 0 Å². The molecule has 2 unspecified atom stereocenters. The molecule has 6 rings (SSSR count). The third kappa shape index (κ3) is 2.72. The summed E-state index contributed by atoms with van der Waals surface area (Å²) in [5.41, 5.74) is 2.25. The van der Waals surface area contributed by atoms with Crippen LogP contribution in [-0.4, -0.2) is 20.8 Å². The quantitative estimate of drug-likeness (QED) is 0.840. The average molecular weight is 351 g/mol. The molecule has 1 N–H and O–H groups in total. The van der Waals surface area contributed by atoms with Crippen molar-refractivity contribution in [2.24, 2.45) is 23.2 Å². The Balaban J connectivity index is 1.40. The summed E-state index contributed by atoms with van der Waals surface area (Å²) in [5, 5.41) is 11.4. The molecular weight excluding hydrogens is 320 g/mol. The summed E-state index contributed by atoms with van der Waals surface area (Å²) in [4.78, 5) is 4.38. The minimum Gasteiger partial charge on any atom is -0.392 e. The molecule has 3 nitrogen and oxygen atoms in total. The van der Waals surface area contributed by atoms with E-state index >= 15 is 0 Å². The van der Waals surface area contributed by atoms with E-state index in [0.29, 0.717) is 0 Å². The van der Waals surface area contributed by atoms with Gasteiger partial charge < -0.3 is 9.67 Å². The summed E-state index contributed by atoms with van der Waals surface area (Å²) in [5.74, 6) is 2.64. The van der Waals surface area contributed by atoms with Crippen molar-refractivity contribution in [3.05, 3.63) is 49.1 Å². The molecule has 0 spiro atoms. The Hall–Kier alpha value is -1.61. The van der Waals surface area contributed by atoms with Crippen molar-refractivity contribution < 1.29 is 5.11 Å². The minimum absolute atomic E-state index is 0.187. The highest BCUT2D eigenvalue weighted by atomic mass is 16.3. The SMILES string of the molecule is C=C1/C=C\C=C/CC(CC(O)C23CC4CC(CC(C4)C2)C3)n2cncc21. The highest BCUT2D eigenvalue weighted by molar-refractivity contribution is 5.70. The van der Waals surface area contributed by atoms with E-state index in [1.807, 2.05) is 18.6 Å². The Morgan fingerprint density at radius 1 is 1.15 bits per heavy atom. The number of aliphatic hydroxyl groups is 1. The van der Waals surface area contributed by atoms with Crippen LogP contribution >= 0.6 is 0 Å². The van der Waals surface area contributed by atoms with Crippen LogP contribution in [0.15, 0.2) is 43.4 Å². The average Bonchev–Trinajstić information content (AvgIpc) is 3.09. The van der Waals surface area contributed by atoms with Crippen LogP contribution in [0.5, 0.6) is 0 Å². The van der Waals surface area contributed by atoms with E-state index in [1.165, 1.54) is 38.5 Å². The molecule has 5 aliphatic rings. The van der Waals surface area contributed by atoms with Crippen LogP contribution in [0.25, 0.3) is 5.57 Å². The van der Waals surface area contributed by atoms with Crippen molar-refractivity contribution in [1.82, 2.24) is 9.55 Å². The van der Waals surface area contributed by atoms with Crippen LogP contribution in [0, 0.1) is 23.2 Å². The van der Waals surface area contributed by atoms with E-state index in [9.17, 15) is 5.11 Å². The highest BCUT2D eigenvalue weighted by Gasteiger charge is 2.54. The Kier molecular flexibility index (Phi) is 3.97. The highest BCUT2D eigenvalue weighted by Crippen LogP contribution is 2.62. The summed E-state index contributed by atoms with van der Waals surface area (Å²) in [7, 11) is 0. The van der Waals surface area contributed by atoms with Crippen molar-refractivity contribution in [1.29, 1.82) is 0 Å². The predicted octanol–water partition coefficient (Wildman–Crippen LogP) is 4.92. The molecule has 138 valence electrons. The number of aliphatic hydroxyl groups excluding tert-OH is 1. The first kappa shape index (κ1) is 16.6. The number of hydrogen-bond donors (Lipinski definition) is 1. The molecule has 4 bridgehead atoms. The molecule has 1 aromatic heterocycles. The first-order valence-electron chi connectivity index (χ1n) is 10.4. The van der Waals surface area contributed by atoms with Crippen LogP contribution in [0.1, 0.15) is 63.1 Å². The van der Waals surface area contributed by atoms with Crippen molar-refractivity contribution in [2.45, 2.75) is 63.5 Å². The van der Waals surface area contributed by atoms with Crippen molar-refractivity contribution in [3.63, 3.8) is 0 Å². The van der Waals surface area contributed by atoms with Gasteiger partial charge in [0.1, 0.15) is 0 Å². The summed E-state index contributed by atoms with van der Waals surface area (Å²) < 4.78 is 2.24. The third-order valence-corrected chi connectivity index (χ3v) is 7.63. The monoisotopic (exact) mass is 350 g/mol. The maximum atomic E-state index is 11.4. The molecule has 0 amide bonds. The molecular formula is C23H30N2O. The summed E-state index contributed by atoms with van der Waals surface area (Å²) in [6, 6.07) is 0.253. The number of rotatable bonds is 3. The molecule has 3 heteroatoms. The standard InChI is InChI=1S/C23H30N2O/c1-16-5-3-2-4-6-20(25-15-24-14-21(16)25)10-22(26)23-11-17-7-18(12-23)9-19(8-17)13-23/h2-5,14-15,17-20,22,26H,1,6-13H2/b4-2-,5-3-. The molecule has 4 fully saturated rings. The topological polar surface area (TPSA) is 38.0 Å². The lowest BCUT2D eigenvalue weighted by Crippen LogP contribution is -2.52. The predicted molar refractivity (Wildman–Crippen MR) is 104 cm³/mol.